The molecule has 1 amide bonds. The topological polar surface area (TPSA) is 64.0 Å². The molecule has 0 saturated heterocycles. The van der Waals surface area contributed by atoms with E-state index >= 15 is 0 Å². The molecule has 2 aliphatic rings. The third kappa shape index (κ3) is 3.59. The molecule has 1 N–H and O–H groups in total. The fourth-order valence-corrected chi connectivity index (χ4v) is 5.92. The smallest absolute Gasteiger partial charge is 0.261 e. The van der Waals surface area contributed by atoms with E-state index in [9.17, 15) is 9.59 Å². The highest BCUT2D eigenvalue weighted by Gasteiger charge is 2.42. The third-order valence-corrected chi connectivity index (χ3v) is 7.79. The van der Waals surface area contributed by atoms with Crippen molar-refractivity contribution in [2.75, 3.05) is 0 Å². The number of hydrogen-bond acceptors (Lipinski definition) is 4. The SMILES string of the molecule is Cc1ccc2nc(SC(C)C(=O)NC(C)C3CC4CCC3C4)n(C)c(=O)c2c1. The highest BCUT2D eigenvalue weighted by Crippen LogP contribution is 2.49. The molecule has 4 rings (SSSR count). The van der Waals surface area contributed by atoms with Crippen LogP contribution >= 0.6 is 11.8 Å². The minimum Gasteiger partial charge on any atom is -0.352 e. The summed E-state index contributed by atoms with van der Waals surface area (Å²) in [5, 5.41) is 4.13. The van der Waals surface area contributed by atoms with Gasteiger partial charge in [-0.15, -0.1) is 0 Å². The molecular weight excluding hydrogens is 370 g/mol. The standard InChI is InChI=1S/C22H29N3O2S/c1-12-5-8-19-18(9-12)21(27)25(4)22(24-19)28-14(3)20(26)23-13(2)17-11-15-6-7-16(17)10-15/h5,8-9,13-17H,6-7,10-11H2,1-4H3,(H,23,26). The van der Waals surface area contributed by atoms with Crippen LogP contribution in [0, 0.1) is 24.7 Å². The van der Waals surface area contributed by atoms with Crippen molar-refractivity contribution in [2.24, 2.45) is 24.8 Å². The predicted octanol–water partition coefficient (Wildman–Crippen LogP) is 3.66. The van der Waals surface area contributed by atoms with Gasteiger partial charge in [-0.1, -0.05) is 29.8 Å². The van der Waals surface area contributed by atoms with Crippen molar-refractivity contribution in [3.8, 4) is 0 Å². The Balaban J connectivity index is 1.46. The molecule has 6 heteroatoms. The van der Waals surface area contributed by atoms with E-state index in [1.807, 2.05) is 32.0 Å². The van der Waals surface area contributed by atoms with E-state index in [2.05, 4.69) is 17.2 Å². The number of aryl methyl sites for hydroxylation is 1. The summed E-state index contributed by atoms with van der Waals surface area (Å²) in [5.41, 5.74) is 1.65. The van der Waals surface area contributed by atoms with Crippen LogP contribution in [-0.2, 0) is 11.8 Å². The third-order valence-electron chi connectivity index (χ3n) is 6.65. The van der Waals surface area contributed by atoms with Crippen LogP contribution < -0.4 is 10.9 Å². The fraction of sp³-hybridized carbons (Fsp3) is 0.591. The predicted molar refractivity (Wildman–Crippen MR) is 114 cm³/mol. The van der Waals surface area contributed by atoms with Crippen molar-refractivity contribution in [3.05, 3.63) is 34.1 Å². The minimum atomic E-state index is -0.304. The zero-order valence-electron chi connectivity index (χ0n) is 17.1. The van der Waals surface area contributed by atoms with Gasteiger partial charge in [-0.05, 0) is 69.9 Å². The van der Waals surface area contributed by atoms with Gasteiger partial charge in [-0.2, -0.15) is 0 Å². The molecule has 28 heavy (non-hydrogen) atoms. The molecule has 0 radical (unpaired) electrons. The molecule has 1 heterocycles. The van der Waals surface area contributed by atoms with E-state index in [1.54, 1.807) is 11.6 Å². The number of nitrogens with one attached hydrogen (secondary N) is 1. The molecule has 1 aromatic heterocycles. The van der Waals surface area contributed by atoms with Gasteiger partial charge in [0.1, 0.15) is 0 Å². The van der Waals surface area contributed by atoms with Crippen LogP contribution in [0.4, 0.5) is 0 Å². The number of carbonyl (C=O) groups is 1. The molecule has 5 atom stereocenters. The zero-order chi connectivity index (χ0) is 20.0. The van der Waals surface area contributed by atoms with Gasteiger partial charge < -0.3 is 5.32 Å². The Labute approximate surface area is 170 Å². The van der Waals surface area contributed by atoms with Gasteiger partial charge in [0.05, 0.1) is 16.2 Å². The van der Waals surface area contributed by atoms with Crippen molar-refractivity contribution in [2.45, 2.75) is 62.9 Å². The Bertz CT molecular complexity index is 970. The van der Waals surface area contributed by atoms with E-state index in [1.165, 1.54) is 37.4 Å². The lowest BCUT2D eigenvalue weighted by Gasteiger charge is -2.29. The molecule has 2 aliphatic carbocycles. The average molecular weight is 400 g/mol. The monoisotopic (exact) mass is 399 g/mol. The number of nitrogens with zero attached hydrogens (tertiary/aromatic N) is 2. The number of thioether (sulfide) groups is 1. The fourth-order valence-electron chi connectivity index (χ4n) is 5.04. The van der Waals surface area contributed by atoms with Crippen LogP contribution in [0.25, 0.3) is 10.9 Å². The van der Waals surface area contributed by atoms with Crippen LogP contribution in [0.3, 0.4) is 0 Å². The number of amides is 1. The van der Waals surface area contributed by atoms with Crippen LogP contribution in [0.2, 0.25) is 0 Å². The van der Waals surface area contributed by atoms with Crippen molar-refractivity contribution < 1.29 is 4.79 Å². The average Bonchev–Trinajstić information content (AvgIpc) is 3.30. The summed E-state index contributed by atoms with van der Waals surface area (Å²) in [5.74, 6) is 2.31. The molecule has 150 valence electrons. The van der Waals surface area contributed by atoms with Gasteiger partial charge in [0.15, 0.2) is 5.16 Å². The maximum atomic E-state index is 12.8. The van der Waals surface area contributed by atoms with Crippen LogP contribution in [-0.4, -0.2) is 26.8 Å². The zero-order valence-corrected chi connectivity index (χ0v) is 17.9. The van der Waals surface area contributed by atoms with Crippen molar-refractivity contribution in [1.82, 2.24) is 14.9 Å². The lowest BCUT2D eigenvalue weighted by molar-refractivity contribution is -0.121. The Kier molecular flexibility index (Phi) is 5.25. The Morgan fingerprint density at radius 2 is 2.07 bits per heavy atom. The van der Waals surface area contributed by atoms with Crippen LogP contribution in [0.1, 0.15) is 45.1 Å². The van der Waals surface area contributed by atoms with Gasteiger partial charge in [-0.25, -0.2) is 4.98 Å². The van der Waals surface area contributed by atoms with E-state index in [0.717, 1.165) is 17.4 Å². The van der Waals surface area contributed by atoms with Gasteiger partial charge in [-0.3, -0.25) is 14.2 Å². The molecule has 0 aliphatic heterocycles. The lowest BCUT2D eigenvalue weighted by Crippen LogP contribution is -2.43. The van der Waals surface area contributed by atoms with Crippen molar-refractivity contribution >= 4 is 28.6 Å². The Morgan fingerprint density at radius 1 is 1.29 bits per heavy atom. The minimum absolute atomic E-state index is 0.0264. The first kappa shape index (κ1) is 19.5. The maximum absolute atomic E-state index is 12.8. The molecule has 2 saturated carbocycles. The molecule has 2 fully saturated rings. The highest BCUT2D eigenvalue weighted by atomic mass is 32.2. The second-order valence-electron chi connectivity index (χ2n) is 8.68. The Morgan fingerprint density at radius 3 is 2.75 bits per heavy atom. The molecule has 2 aromatic rings. The summed E-state index contributed by atoms with van der Waals surface area (Å²) >= 11 is 1.35. The van der Waals surface area contributed by atoms with Crippen molar-refractivity contribution in [3.63, 3.8) is 0 Å². The molecule has 5 nitrogen and oxygen atoms in total. The first-order valence-corrected chi connectivity index (χ1v) is 11.2. The molecule has 2 bridgehead atoms. The molecule has 1 aromatic carbocycles. The molecule has 5 unspecified atom stereocenters. The molecule has 0 spiro atoms. The summed E-state index contributed by atoms with van der Waals surface area (Å²) in [6.45, 7) is 6.00. The number of benzene rings is 1. The van der Waals surface area contributed by atoms with Gasteiger partial charge >= 0.3 is 0 Å². The van der Waals surface area contributed by atoms with Crippen LogP contribution in [0.5, 0.6) is 0 Å². The molecular formula is C22H29N3O2S. The normalized spacial score (nSPS) is 25.8. The summed E-state index contributed by atoms with van der Waals surface area (Å²) in [6.07, 6.45) is 5.29. The van der Waals surface area contributed by atoms with E-state index < -0.39 is 0 Å². The number of fused-ring (bicyclic) bond motifs is 3. The summed E-state index contributed by atoms with van der Waals surface area (Å²) < 4.78 is 1.55. The van der Waals surface area contributed by atoms with E-state index in [0.29, 0.717) is 22.0 Å². The van der Waals surface area contributed by atoms with Crippen LogP contribution in [0.15, 0.2) is 28.2 Å². The van der Waals surface area contributed by atoms with E-state index in [4.69, 9.17) is 0 Å². The first-order chi connectivity index (χ1) is 13.3. The summed E-state index contributed by atoms with van der Waals surface area (Å²) in [7, 11) is 1.72. The largest absolute Gasteiger partial charge is 0.352 e. The maximum Gasteiger partial charge on any atom is 0.261 e. The number of hydrogen-bond donors (Lipinski definition) is 1. The number of rotatable bonds is 5. The van der Waals surface area contributed by atoms with E-state index in [-0.39, 0.29) is 22.8 Å². The lowest BCUT2D eigenvalue weighted by atomic mass is 9.84. The quantitative estimate of drug-likeness (QED) is 0.616. The highest BCUT2D eigenvalue weighted by molar-refractivity contribution is 8.00. The number of aromatic nitrogens is 2. The van der Waals surface area contributed by atoms with Crippen molar-refractivity contribution in [1.29, 1.82) is 0 Å². The van der Waals surface area contributed by atoms with Gasteiger partial charge in [0.2, 0.25) is 5.91 Å². The Hall–Kier alpha value is -1.82. The van der Waals surface area contributed by atoms with Gasteiger partial charge in [0, 0.05) is 13.1 Å². The second-order valence-corrected chi connectivity index (χ2v) is 9.98. The summed E-state index contributed by atoms with van der Waals surface area (Å²) in [4.78, 5) is 30.1. The first-order valence-electron chi connectivity index (χ1n) is 10.3. The second kappa shape index (κ2) is 7.54. The van der Waals surface area contributed by atoms with Gasteiger partial charge in [0.25, 0.3) is 5.56 Å². The summed E-state index contributed by atoms with van der Waals surface area (Å²) in [6, 6.07) is 5.91. The number of carbonyl (C=O) groups excluding carboxylic acids is 1.